The van der Waals surface area contributed by atoms with Crippen molar-refractivity contribution in [3.05, 3.63) is 0 Å². The SMILES string of the molecule is CC(C)(C)C(N)C(=O)NC1CCCSC1. The smallest absolute Gasteiger partial charge is 0.237 e. The monoisotopic (exact) mass is 230 g/mol. The quantitative estimate of drug-likeness (QED) is 0.753. The minimum absolute atomic E-state index is 0.00463. The van der Waals surface area contributed by atoms with Gasteiger partial charge in [-0.1, -0.05) is 20.8 Å². The van der Waals surface area contributed by atoms with Crippen LogP contribution in [0.3, 0.4) is 0 Å². The lowest BCUT2D eigenvalue weighted by Gasteiger charge is -2.29. The van der Waals surface area contributed by atoms with Gasteiger partial charge in [-0.15, -0.1) is 0 Å². The molecule has 2 atom stereocenters. The number of hydrogen-bond donors (Lipinski definition) is 2. The fourth-order valence-corrected chi connectivity index (χ4v) is 2.61. The third kappa shape index (κ3) is 4.03. The lowest BCUT2D eigenvalue weighted by molar-refractivity contribution is -0.125. The van der Waals surface area contributed by atoms with E-state index in [2.05, 4.69) is 5.32 Å². The average molecular weight is 230 g/mol. The van der Waals surface area contributed by atoms with Crippen molar-refractivity contribution in [1.29, 1.82) is 0 Å². The van der Waals surface area contributed by atoms with Crippen LogP contribution in [0.2, 0.25) is 0 Å². The molecular formula is C11H22N2OS. The number of nitrogens with one attached hydrogen (secondary N) is 1. The molecule has 0 aliphatic carbocycles. The molecule has 0 aromatic carbocycles. The Hall–Kier alpha value is -0.220. The summed E-state index contributed by atoms with van der Waals surface area (Å²) in [6, 6.07) is -0.0888. The average Bonchev–Trinajstić information content (AvgIpc) is 2.16. The van der Waals surface area contributed by atoms with Gasteiger partial charge in [-0.2, -0.15) is 11.8 Å². The van der Waals surface area contributed by atoms with E-state index in [4.69, 9.17) is 5.73 Å². The zero-order chi connectivity index (χ0) is 11.5. The lowest BCUT2D eigenvalue weighted by Crippen LogP contribution is -2.52. The van der Waals surface area contributed by atoms with Crippen molar-refractivity contribution in [2.24, 2.45) is 11.1 Å². The van der Waals surface area contributed by atoms with Crippen LogP contribution >= 0.6 is 11.8 Å². The molecule has 1 rings (SSSR count). The summed E-state index contributed by atoms with van der Waals surface area (Å²) in [5.41, 5.74) is 5.73. The summed E-state index contributed by atoms with van der Waals surface area (Å²) in [7, 11) is 0. The second-order valence-electron chi connectivity index (χ2n) is 5.27. The first-order chi connectivity index (χ1) is 6.91. The van der Waals surface area contributed by atoms with Crippen LogP contribution in [0.1, 0.15) is 33.6 Å². The number of nitrogens with two attached hydrogens (primary N) is 1. The van der Waals surface area contributed by atoms with Gasteiger partial charge in [-0.25, -0.2) is 0 Å². The second kappa shape index (κ2) is 5.21. The van der Waals surface area contributed by atoms with E-state index < -0.39 is 6.04 Å². The number of rotatable bonds is 2. The van der Waals surface area contributed by atoms with Crippen molar-refractivity contribution in [3.63, 3.8) is 0 Å². The Balaban J connectivity index is 2.40. The summed E-state index contributed by atoms with van der Waals surface area (Å²) in [5, 5.41) is 3.04. The predicted octanol–water partition coefficient (Wildman–Crippen LogP) is 1.37. The molecule has 0 spiro atoms. The summed E-state index contributed by atoms with van der Waals surface area (Å²) in [5.74, 6) is 2.25. The molecule has 15 heavy (non-hydrogen) atoms. The van der Waals surface area contributed by atoms with E-state index in [9.17, 15) is 4.79 Å². The van der Waals surface area contributed by atoms with Gasteiger partial charge < -0.3 is 11.1 Å². The van der Waals surface area contributed by atoms with E-state index in [1.165, 1.54) is 12.2 Å². The number of hydrogen-bond acceptors (Lipinski definition) is 3. The largest absolute Gasteiger partial charge is 0.351 e. The highest BCUT2D eigenvalue weighted by molar-refractivity contribution is 7.99. The van der Waals surface area contributed by atoms with Crippen LogP contribution in [0.15, 0.2) is 0 Å². The van der Waals surface area contributed by atoms with Gasteiger partial charge in [0.15, 0.2) is 0 Å². The van der Waals surface area contributed by atoms with E-state index in [-0.39, 0.29) is 11.3 Å². The van der Waals surface area contributed by atoms with Crippen LogP contribution < -0.4 is 11.1 Å². The van der Waals surface area contributed by atoms with E-state index in [1.807, 2.05) is 32.5 Å². The zero-order valence-corrected chi connectivity index (χ0v) is 10.7. The molecule has 0 aromatic rings. The van der Waals surface area contributed by atoms with E-state index in [0.717, 1.165) is 12.2 Å². The molecule has 0 bridgehead atoms. The van der Waals surface area contributed by atoms with Gasteiger partial charge in [-0.05, 0) is 24.0 Å². The van der Waals surface area contributed by atoms with Gasteiger partial charge in [0.2, 0.25) is 5.91 Å². The summed E-state index contributed by atoms with van der Waals surface area (Å²) in [4.78, 5) is 11.8. The van der Waals surface area contributed by atoms with Crippen molar-refractivity contribution in [1.82, 2.24) is 5.32 Å². The highest BCUT2D eigenvalue weighted by Gasteiger charge is 2.29. The second-order valence-corrected chi connectivity index (χ2v) is 6.42. The van der Waals surface area contributed by atoms with Crippen LogP contribution in [0, 0.1) is 5.41 Å². The Morgan fingerprint density at radius 2 is 2.20 bits per heavy atom. The molecule has 4 heteroatoms. The highest BCUT2D eigenvalue weighted by atomic mass is 32.2. The molecule has 1 aliphatic heterocycles. The fraction of sp³-hybridized carbons (Fsp3) is 0.909. The maximum absolute atomic E-state index is 11.8. The molecular weight excluding hydrogens is 208 g/mol. The molecule has 0 saturated carbocycles. The Morgan fingerprint density at radius 3 is 2.67 bits per heavy atom. The minimum atomic E-state index is -0.413. The van der Waals surface area contributed by atoms with Gasteiger partial charge in [0.1, 0.15) is 0 Å². The Labute approximate surface area is 96.6 Å². The molecule has 2 unspecified atom stereocenters. The van der Waals surface area contributed by atoms with Crippen LogP contribution in [-0.2, 0) is 4.79 Å². The van der Waals surface area contributed by atoms with Gasteiger partial charge in [0.25, 0.3) is 0 Å². The Morgan fingerprint density at radius 1 is 1.53 bits per heavy atom. The van der Waals surface area contributed by atoms with Crippen molar-refractivity contribution < 1.29 is 4.79 Å². The van der Waals surface area contributed by atoms with Gasteiger partial charge in [-0.3, -0.25) is 4.79 Å². The third-order valence-corrected chi connectivity index (χ3v) is 3.94. The Kier molecular flexibility index (Phi) is 4.46. The van der Waals surface area contributed by atoms with Crippen molar-refractivity contribution >= 4 is 17.7 Å². The topological polar surface area (TPSA) is 55.1 Å². The van der Waals surface area contributed by atoms with E-state index in [0.29, 0.717) is 6.04 Å². The molecule has 1 fully saturated rings. The third-order valence-electron chi connectivity index (χ3n) is 2.72. The zero-order valence-electron chi connectivity index (χ0n) is 9.88. The number of thioether (sulfide) groups is 1. The van der Waals surface area contributed by atoms with Crippen LogP contribution in [0.25, 0.3) is 0 Å². The van der Waals surface area contributed by atoms with Crippen LogP contribution in [-0.4, -0.2) is 29.5 Å². The van der Waals surface area contributed by atoms with Gasteiger partial charge >= 0.3 is 0 Å². The molecule has 0 radical (unpaired) electrons. The summed E-state index contributed by atoms with van der Waals surface area (Å²) in [6.07, 6.45) is 2.29. The number of amides is 1. The van der Waals surface area contributed by atoms with Crippen molar-refractivity contribution in [3.8, 4) is 0 Å². The molecule has 3 N–H and O–H groups in total. The molecule has 1 amide bonds. The van der Waals surface area contributed by atoms with Gasteiger partial charge in [0.05, 0.1) is 6.04 Å². The standard InChI is InChI=1S/C11H22N2OS/c1-11(2,3)9(12)10(14)13-8-5-4-6-15-7-8/h8-9H,4-7,12H2,1-3H3,(H,13,14). The fourth-order valence-electron chi connectivity index (χ4n) is 1.54. The molecule has 88 valence electrons. The first kappa shape index (κ1) is 12.8. The summed E-state index contributed by atoms with van der Waals surface area (Å²) in [6.45, 7) is 5.98. The highest BCUT2D eigenvalue weighted by Crippen LogP contribution is 2.20. The summed E-state index contributed by atoms with van der Waals surface area (Å²) >= 11 is 1.91. The summed E-state index contributed by atoms with van der Waals surface area (Å²) < 4.78 is 0. The lowest BCUT2D eigenvalue weighted by atomic mass is 9.87. The molecule has 1 saturated heterocycles. The number of carbonyl (C=O) groups excluding carboxylic acids is 1. The van der Waals surface area contributed by atoms with E-state index in [1.54, 1.807) is 0 Å². The van der Waals surface area contributed by atoms with Gasteiger partial charge in [0, 0.05) is 11.8 Å². The molecule has 0 aromatic heterocycles. The Bertz CT molecular complexity index is 219. The maximum atomic E-state index is 11.8. The van der Waals surface area contributed by atoms with E-state index >= 15 is 0 Å². The predicted molar refractivity (Wildman–Crippen MR) is 65.9 cm³/mol. The maximum Gasteiger partial charge on any atom is 0.237 e. The molecule has 1 aliphatic rings. The van der Waals surface area contributed by atoms with Crippen molar-refractivity contribution in [2.75, 3.05) is 11.5 Å². The first-order valence-corrected chi connectivity index (χ1v) is 6.70. The minimum Gasteiger partial charge on any atom is -0.351 e. The van der Waals surface area contributed by atoms with Crippen LogP contribution in [0.4, 0.5) is 0 Å². The van der Waals surface area contributed by atoms with Crippen molar-refractivity contribution in [2.45, 2.75) is 45.7 Å². The molecule has 3 nitrogen and oxygen atoms in total. The molecule has 1 heterocycles. The number of carbonyl (C=O) groups is 1. The normalized spacial score (nSPS) is 24.7. The van der Waals surface area contributed by atoms with Crippen LogP contribution in [0.5, 0.6) is 0 Å². The first-order valence-electron chi connectivity index (χ1n) is 5.55.